The second-order valence-corrected chi connectivity index (χ2v) is 2.15. The molecule has 0 spiro atoms. The van der Waals surface area contributed by atoms with E-state index in [4.69, 9.17) is 39.1 Å². The Bertz CT molecular complexity index is 156. The molecule has 0 aromatic rings. The molecule has 13 heteroatoms. The molecule has 0 unspecified atom stereocenters. The molecule has 0 aromatic heterocycles. The Morgan fingerprint density at radius 1 is 1.21 bits per heavy atom. The number of rotatable bonds is 0. The smallest absolute Gasteiger partial charge is 0.790 e. The van der Waals surface area contributed by atoms with Gasteiger partial charge in [0.25, 0.3) is 0 Å². The van der Waals surface area contributed by atoms with Crippen LogP contribution in [0.1, 0.15) is 0 Å². The SMILES string of the molecule is NC(N)=O.O=P([O-])([O-])O.OB(O)O.[Zn+2]. The average Bonchev–Trinajstić information content (AvgIpc) is 1.50. The number of carbonyl (C=O) groups excluding carboxylic acids is 1. The number of hydrogen-bond donors (Lipinski definition) is 6. The minimum Gasteiger partial charge on any atom is -0.790 e. The van der Waals surface area contributed by atoms with E-state index in [9.17, 15) is 0 Å². The third-order valence-electron chi connectivity index (χ3n) is 0. The maximum Gasteiger partial charge on any atom is 2.00 e. The van der Waals surface area contributed by atoms with Crippen molar-refractivity contribution in [2.24, 2.45) is 11.5 Å². The summed E-state index contributed by atoms with van der Waals surface area (Å²) in [6.07, 6.45) is 0. The summed E-state index contributed by atoms with van der Waals surface area (Å²) in [5.41, 5.74) is 8.50. The van der Waals surface area contributed by atoms with Gasteiger partial charge in [0, 0.05) is 0 Å². The molecule has 0 saturated heterocycles. The van der Waals surface area contributed by atoms with Crippen LogP contribution in [0, 0.1) is 0 Å². The molecule has 8 N–H and O–H groups in total. The van der Waals surface area contributed by atoms with Crippen LogP contribution in [0.15, 0.2) is 0 Å². The van der Waals surface area contributed by atoms with Gasteiger partial charge in [0.2, 0.25) is 0 Å². The van der Waals surface area contributed by atoms with Crippen molar-refractivity contribution in [3.05, 3.63) is 0 Å². The van der Waals surface area contributed by atoms with Gasteiger partial charge in [-0.2, -0.15) is 0 Å². The van der Waals surface area contributed by atoms with Gasteiger partial charge >= 0.3 is 32.8 Å². The quantitative estimate of drug-likeness (QED) is 0.186. The van der Waals surface area contributed by atoms with Gasteiger partial charge in [0.05, 0.1) is 7.82 Å². The van der Waals surface area contributed by atoms with Crippen molar-refractivity contribution in [2.45, 2.75) is 0 Å². The van der Waals surface area contributed by atoms with E-state index in [2.05, 4.69) is 11.5 Å². The molecule has 10 nitrogen and oxygen atoms in total. The van der Waals surface area contributed by atoms with E-state index in [1.54, 1.807) is 0 Å². The second-order valence-electron chi connectivity index (χ2n) is 1.22. The molecule has 0 saturated carbocycles. The number of nitrogens with two attached hydrogens (primary N) is 2. The van der Waals surface area contributed by atoms with E-state index < -0.39 is 21.2 Å². The minimum atomic E-state index is -5.14. The molecule has 0 heterocycles. The Hall–Kier alpha value is -0.0517. The molecule has 80 valence electrons. The van der Waals surface area contributed by atoms with Crippen LogP contribution < -0.4 is 21.3 Å². The van der Waals surface area contributed by atoms with Gasteiger partial charge in [-0.1, -0.05) is 0 Å². The Morgan fingerprint density at radius 3 is 1.21 bits per heavy atom. The fourth-order valence-corrected chi connectivity index (χ4v) is 0. The predicted octanol–water partition coefficient (Wildman–Crippen LogP) is -5.22. The van der Waals surface area contributed by atoms with E-state index in [0.717, 1.165) is 0 Å². The molecule has 0 radical (unpaired) electrons. The Labute approximate surface area is 91.7 Å². The third kappa shape index (κ3) is 536000. The number of primary amides is 2. The van der Waals surface area contributed by atoms with Crippen molar-refractivity contribution in [3.8, 4) is 0 Å². The molecule has 0 atom stereocenters. The Balaban J connectivity index is -0.0000000522. The second kappa shape index (κ2) is 12.9. The van der Waals surface area contributed by atoms with Crippen molar-refractivity contribution < 1.29 is 58.6 Å². The van der Waals surface area contributed by atoms with E-state index in [0.29, 0.717) is 0 Å². The first-order chi connectivity index (χ1) is 5.46. The van der Waals surface area contributed by atoms with Gasteiger partial charge in [-0.05, 0) is 0 Å². The fourth-order valence-electron chi connectivity index (χ4n) is 0. The summed E-state index contributed by atoms with van der Waals surface area (Å²) in [6.45, 7) is 0. The van der Waals surface area contributed by atoms with Crippen molar-refractivity contribution in [3.63, 3.8) is 0 Å². The molecule has 0 rings (SSSR count). The zero-order valence-corrected chi connectivity index (χ0v) is 10.7. The molecule has 0 aromatic carbocycles. The van der Waals surface area contributed by atoms with E-state index >= 15 is 0 Å². The first kappa shape index (κ1) is 23.6. The summed E-state index contributed by atoms with van der Waals surface area (Å²) in [5, 5.41) is 21.5. The molecular formula is CH8BN2O8PZn. The summed E-state index contributed by atoms with van der Waals surface area (Å²) in [4.78, 5) is 33.3. The maximum atomic E-state index is 9.00. The van der Waals surface area contributed by atoms with Crippen molar-refractivity contribution >= 4 is 21.2 Å². The predicted molar refractivity (Wildman–Crippen MR) is 36.0 cm³/mol. The first-order valence-electron chi connectivity index (χ1n) is 2.30. The van der Waals surface area contributed by atoms with Gasteiger partial charge in [0.15, 0.2) is 0 Å². The van der Waals surface area contributed by atoms with Crippen LogP contribution >= 0.6 is 7.82 Å². The fraction of sp³-hybridized carbons (Fsp3) is 0. The summed E-state index contributed by atoms with van der Waals surface area (Å²) < 4.78 is 8.66. The number of phosphoric acid groups is 1. The third-order valence-corrected chi connectivity index (χ3v) is 0. The first-order valence-corrected chi connectivity index (χ1v) is 3.80. The van der Waals surface area contributed by atoms with Gasteiger partial charge in [0.1, 0.15) is 0 Å². The standard InChI is InChI=1S/CH4N2O.BH3O3.H3O4P.Zn/c2*2-1(3)4;1-5(2,3)4;/h(H4,2,3,4);2-4H;(H3,1,2,3,4);/q;;;+2/p-2. The van der Waals surface area contributed by atoms with Crippen LogP contribution in [0.4, 0.5) is 4.79 Å². The summed E-state index contributed by atoms with van der Waals surface area (Å²) in [5.74, 6) is 0. The number of urea groups is 1. The van der Waals surface area contributed by atoms with Gasteiger partial charge in [-0.3, -0.25) is 0 Å². The van der Waals surface area contributed by atoms with E-state index in [1.165, 1.54) is 0 Å². The van der Waals surface area contributed by atoms with Crippen LogP contribution in [0.5, 0.6) is 0 Å². The number of amides is 2. The zero-order chi connectivity index (χ0) is 11.7. The topological polar surface area (TPSA) is 213 Å². The summed E-state index contributed by atoms with van der Waals surface area (Å²) >= 11 is 0. The minimum absolute atomic E-state index is 0. The molecule has 0 aliphatic rings. The summed E-state index contributed by atoms with van der Waals surface area (Å²) in [7, 11) is -7.31. The van der Waals surface area contributed by atoms with E-state index in [1.807, 2.05) is 0 Å². The number of carbonyl (C=O) groups is 1. The van der Waals surface area contributed by atoms with Crippen molar-refractivity contribution in [2.75, 3.05) is 0 Å². The van der Waals surface area contributed by atoms with Crippen LogP contribution in [-0.4, -0.2) is 33.3 Å². The number of hydrogen-bond acceptors (Lipinski definition) is 7. The van der Waals surface area contributed by atoms with Crippen LogP contribution in [0.2, 0.25) is 0 Å². The van der Waals surface area contributed by atoms with E-state index in [-0.39, 0.29) is 19.5 Å². The molecule has 0 fully saturated rings. The van der Waals surface area contributed by atoms with Crippen molar-refractivity contribution in [1.82, 2.24) is 0 Å². The van der Waals surface area contributed by atoms with Gasteiger partial charge in [-0.15, -0.1) is 0 Å². The van der Waals surface area contributed by atoms with Crippen LogP contribution in [0.3, 0.4) is 0 Å². The Kier molecular flexibility index (Phi) is 21.9. The average molecular weight is 283 g/mol. The molecule has 0 bridgehead atoms. The molecule has 2 amide bonds. The maximum absolute atomic E-state index is 9.00. The monoisotopic (exact) mass is 282 g/mol. The molecular weight excluding hydrogens is 275 g/mol. The van der Waals surface area contributed by atoms with Crippen LogP contribution in [0.25, 0.3) is 0 Å². The zero-order valence-electron chi connectivity index (χ0n) is 6.81. The largest absolute Gasteiger partial charge is 2.00 e. The van der Waals surface area contributed by atoms with Gasteiger partial charge < -0.3 is 45.8 Å². The van der Waals surface area contributed by atoms with Crippen LogP contribution in [-0.2, 0) is 24.0 Å². The van der Waals surface area contributed by atoms with Gasteiger partial charge in [-0.25, -0.2) is 4.79 Å². The molecule has 0 aliphatic carbocycles. The van der Waals surface area contributed by atoms with Crippen molar-refractivity contribution in [1.29, 1.82) is 0 Å². The normalized spacial score (nSPS) is 7.86. The molecule has 0 aliphatic heterocycles. The summed E-state index contributed by atoms with van der Waals surface area (Å²) in [6, 6.07) is -0.833. The molecule has 14 heavy (non-hydrogen) atoms. The Morgan fingerprint density at radius 2 is 1.21 bits per heavy atom.